The number of aliphatic hydroxyl groups is 1. The first-order chi connectivity index (χ1) is 11.0. The molecule has 0 unspecified atom stereocenters. The van der Waals surface area contributed by atoms with E-state index in [1.165, 1.54) is 0 Å². The molecule has 0 aromatic carbocycles. The molecule has 1 saturated carbocycles. The summed E-state index contributed by atoms with van der Waals surface area (Å²) < 4.78 is 1.72. The van der Waals surface area contributed by atoms with Gasteiger partial charge in [0.05, 0.1) is 24.4 Å². The zero-order valence-electron chi connectivity index (χ0n) is 13.5. The molecule has 2 aromatic rings. The van der Waals surface area contributed by atoms with Crippen LogP contribution in [0.1, 0.15) is 28.5 Å². The molecule has 3 rings (SSSR count). The second-order valence-electron chi connectivity index (χ2n) is 6.17. The smallest absolute Gasteiger partial charge is 0.270 e. The fraction of sp³-hybridized carbons (Fsp3) is 0.438. The van der Waals surface area contributed by atoms with Crippen LogP contribution in [-0.2, 0) is 0 Å². The number of carbonyl (C=O) groups is 1. The van der Waals surface area contributed by atoms with Crippen LogP contribution >= 0.6 is 0 Å². The largest absolute Gasteiger partial charge is 0.391 e. The third-order valence-electron chi connectivity index (χ3n) is 4.15. The minimum absolute atomic E-state index is 0.151. The van der Waals surface area contributed by atoms with Gasteiger partial charge in [0, 0.05) is 32.2 Å². The van der Waals surface area contributed by atoms with Gasteiger partial charge in [0.1, 0.15) is 5.69 Å². The lowest BCUT2D eigenvalue weighted by molar-refractivity contribution is -0.00597. The fourth-order valence-corrected chi connectivity index (χ4v) is 2.78. The molecule has 122 valence electrons. The van der Waals surface area contributed by atoms with Crippen molar-refractivity contribution in [1.82, 2.24) is 20.1 Å². The molecule has 0 radical (unpaired) electrons. The maximum absolute atomic E-state index is 12.4. The van der Waals surface area contributed by atoms with E-state index in [4.69, 9.17) is 0 Å². The van der Waals surface area contributed by atoms with Gasteiger partial charge >= 0.3 is 0 Å². The van der Waals surface area contributed by atoms with Crippen molar-refractivity contribution in [2.75, 3.05) is 19.0 Å². The fourth-order valence-electron chi connectivity index (χ4n) is 2.78. The van der Waals surface area contributed by atoms with E-state index >= 15 is 0 Å². The Morgan fingerprint density at radius 3 is 2.87 bits per heavy atom. The van der Waals surface area contributed by atoms with E-state index in [0.29, 0.717) is 12.1 Å². The number of aromatic nitrogens is 3. The second kappa shape index (κ2) is 6.00. The van der Waals surface area contributed by atoms with E-state index in [0.717, 1.165) is 11.3 Å². The highest BCUT2D eigenvalue weighted by atomic mass is 16.3. The van der Waals surface area contributed by atoms with Gasteiger partial charge in [-0.25, -0.2) is 0 Å². The number of nitrogens with zero attached hydrogens (tertiary/aromatic N) is 4. The van der Waals surface area contributed by atoms with Gasteiger partial charge in [0.15, 0.2) is 0 Å². The van der Waals surface area contributed by atoms with E-state index in [-0.39, 0.29) is 18.0 Å². The lowest BCUT2D eigenvalue weighted by Gasteiger charge is -2.41. The molecule has 2 aromatic heterocycles. The summed E-state index contributed by atoms with van der Waals surface area (Å²) in [6.07, 6.45) is 5.25. The Kier molecular flexibility index (Phi) is 4.04. The Bertz CT molecular complexity index is 712. The molecule has 1 aliphatic carbocycles. The number of aliphatic hydroxyl groups excluding tert-OH is 1. The molecule has 1 aliphatic rings. The van der Waals surface area contributed by atoms with Crippen molar-refractivity contribution in [2.24, 2.45) is 0 Å². The number of anilines is 1. The highest BCUT2D eigenvalue weighted by molar-refractivity contribution is 5.93. The first-order valence-electron chi connectivity index (χ1n) is 7.59. The summed E-state index contributed by atoms with van der Waals surface area (Å²) in [5.41, 5.74) is 2.31. The van der Waals surface area contributed by atoms with Gasteiger partial charge in [0.2, 0.25) is 0 Å². The number of hydrogen-bond acceptors (Lipinski definition) is 5. The van der Waals surface area contributed by atoms with Gasteiger partial charge in [-0.1, -0.05) is 0 Å². The lowest BCUT2D eigenvalue weighted by Crippen LogP contribution is -2.56. The monoisotopic (exact) mass is 315 g/mol. The summed E-state index contributed by atoms with van der Waals surface area (Å²) in [6.45, 7) is 1.94. The molecule has 1 amide bonds. The van der Waals surface area contributed by atoms with Crippen LogP contribution in [0.2, 0.25) is 0 Å². The molecule has 1 fully saturated rings. The summed E-state index contributed by atoms with van der Waals surface area (Å²) >= 11 is 0. The lowest BCUT2D eigenvalue weighted by atomic mass is 9.83. The molecule has 23 heavy (non-hydrogen) atoms. The number of amides is 1. The van der Waals surface area contributed by atoms with Crippen LogP contribution in [0, 0.1) is 6.92 Å². The molecule has 2 heterocycles. The predicted octanol–water partition coefficient (Wildman–Crippen LogP) is 0.757. The summed E-state index contributed by atoms with van der Waals surface area (Å²) in [5, 5.41) is 17.2. The van der Waals surface area contributed by atoms with Gasteiger partial charge in [-0.2, -0.15) is 5.10 Å². The number of nitrogens with one attached hydrogen (secondary N) is 1. The van der Waals surface area contributed by atoms with Crippen LogP contribution in [0.15, 0.2) is 30.7 Å². The van der Waals surface area contributed by atoms with E-state index in [9.17, 15) is 9.90 Å². The maximum atomic E-state index is 12.4. The van der Waals surface area contributed by atoms with Crippen LogP contribution in [0.5, 0.6) is 0 Å². The van der Waals surface area contributed by atoms with E-state index < -0.39 is 6.10 Å². The zero-order chi connectivity index (χ0) is 16.6. The Labute approximate surface area is 134 Å². The summed E-state index contributed by atoms with van der Waals surface area (Å²) in [6, 6.07) is 3.21. The highest BCUT2D eigenvalue weighted by Gasteiger charge is 2.43. The van der Waals surface area contributed by atoms with E-state index in [1.807, 2.05) is 38.2 Å². The van der Waals surface area contributed by atoms with E-state index in [2.05, 4.69) is 15.4 Å². The molecule has 0 spiro atoms. The Hall–Kier alpha value is -2.41. The molecule has 3 atom stereocenters. The molecule has 0 bridgehead atoms. The number of hydrogen-bond donors (Lipinski definition) is 2. The van der Waals surface area contributed by atoms with Crippen LogP contribution in [0.3, 0.4) is 0 Å². The molecule has 2 N–H and O–H groups in total. The van der Waals surface area contributed by atoms with Crippen molar-refractivity contribution in [3.05, 3.63) is 42.0 Å². The SMILES string of the molecule is Cc1cnn([C@H]2[C@H](O)C[C@@H]2NC(=O)c2cc(N(C)C)ccn2)c1. The average molecular weight is 315 g/mol. The van der Waals surface area contributed by atoms with Crippen LogP contribution in [-0.4, -0.2) is 52.0 Å². The van der Waals surface area contributed by atoms with Gasteiger partial charge in [-0.15, -0.1) is 0 Å². The van der Waals surface area contributed by atoms with E-state index in [1.54, 1.807) is 23.1 Å². The maximum Gasteiger partial charge on any atom is 0.270 e. The molecular formula is C16H21N5O2. The predicted molar refractivity (Wildman–Crippen MR) is 86.4 cm³/mol. The minimum atomic E-state index is -0.499. The topological polar surface area (TPSA) is 83.3 Å². The van der Waals surface area contributed by atoms with Crippen LogP contribution in [0.4, 0.5) is 5.69 Å². The zero-order valence-corrected chi connectivity index (χ0v) is 13.5. The third-order valence-corrected chi connectivity index (χ3v) is 4.15. The molecule has 0 aliphatic heterocycles. The highest BCUT2D eigenvalue weighted by Crippen LogP contribution is 2.32. The number of pyridine rings is 1. The molecule has 7 nitrogen and oxygen atoms in total. The number of aryl methyl sites for hydroxylation is 1. The second-order valence-corrected chi connectivity index (χ2v) is 6.17. The molecule has 0 saturated heterocycles. The van der Waals surface area contributed by atoms with Gasteiger partial charge in [0.25, 0.3) is 5.91 Å². The van der Waals surface area contributed by atoms with Crippen molar-refractivity contribution in [2.45, 2.75) is 31.5 Å². The standard InChI is InChI=1S/C16H21N5O2/c1-10-8-18-21(9-10)15-12(7-14(15)22)19-16(23)13-6-11(20(2)3)4-5-17-13/h4-6,8-9,12,14-15,22H,7H2,1-3H3,(H,19,23)/t12-,14+,15+/m0/s1. The third kappa shape index (κ3) is 3.05. The Morgan fingerprint density at radius 2 is 2.26 bits per heavy atom. The first kappa shape index (κ1) is 15.5. The first-order valence-corrected chi connectivity index (χ1v) is 7.59. The van der Waals surface area contributed by atoms with Crippen LogP contribution in [0.25, 0.3) is 0 Å². The van der Waals surface area contributed by atoms with Crippen LogP contribution < -0.4 is 10.2 Å². The number of rotatable bonds is 4. The summed E-state index contributed by atoms with van der Waals surface area (Å²) in [4.78, 5) is 18.5. The van der Waals surface area contributed by atoms with Crippen molar-refractivity contribution >= 4 is 11.6 Å². The summed E-state index contributed by atoms with van der Waals surface area (Å²) in [5.74, 6) is -0.237. The van der Waals surface area contributed by atoms with Gasteiger partial charge in [-0.05, 0) is 31.0 Å². The minimum Gasteiger partial charge on any atom is -0.391 e. The molecule has 7 heteroatoms. The summed E-state index contributed by atoms with van der Waals surface area (Å²) in [7, 11) is 3.82. The quantitative estimate of drug-likeness (QED) is 0.870. The van der Waals surface area contributed by atoms with Crippen molar-refractivity contribution in [3.8, 4) is 0 Å². The van der Waals surface area contributed by atoms with Gasteiger partial charge in [-0.3, -0.25) is 14.5 Å². The Balaban J connectivity index is 1.71. The number of carbonyl (C=O) groups excluding carboxylic acids is 1. The Morgan fingerprint density at radius 1 is 1.48 bits per heavy atom. The van der Waals surface area contributed by atoms with Crippen molar-refractivity contribution in [3.63, 3.8) is 0 Å². The van der Waals surface area contributed by atoms with Crippen molar-refractivity contribution in [1.29, 1.82) is 0 Å². The molecular weight excluding hydrogens is 294 g/mol. The normalized spacial score (nSPS) is 23.2. The average Bonchev–Trinajstić information content (AvgIpc) is 2.92. The van der Waals surface area contributed by atoms with Crippen molar-refractivity contribution < 1.29 is 9.90 Å². The van der Waals surface area contributed by atoms with Gasteiger partial charge < -0.3 is 15.3 Å².